The predicted octanol–water partition coefficient (Wildman–Crippen LogP) is 3.82. The number of nitrogens with zero attached hydrogens (tertiary/aromatic N) is 7. The van der Waals surface area contributed by atoms with Crippen LogP contribution in [0.1, 0.15) is 22.4 Å². The molecule has 2 N–H and O–H groups in total. The summed E-state index contributed by atoms with van der Waals surface area (Å²) in [7, 11) is 1.29. The summed E-state index contributed by atoms with van der Waals surface area (Å²) in [5, 5.41) is 15.2. The highest BCUT2D eigenvalue weighted by Crippen LogP contribution is 2.37. The van der Waals surface area contributed by atoms with Crippen molar-refractivity contribution in [1.82, 2.24) is 29.7 Å². The van der Waals surface area contributed by atoms with Gasteiger partial charge in [0.2, 0.25) is 0 Å². The molecule has 3 aliphatic rings. The molecule has 48 heavy (non-hydrogen) atoms. The second kappa shape index (κ2) is 12.6. The number of ether oxygens (including phenoxy) is 1. The van der Waals surface area contributed by atoms with E-state index in [2.05, 4.69) is 20.2 Å². The van der Waals surface area contributed by atoms with Crippen molar-refractivity contribution < 1.29 is 28.6 Å². The zero-order chi connectivity index (χ0) is 33.7. The van der Waals surface area contributed by atoms with E-state index >= 15 is 0 Å². The molecule has 2 saturated heterocycles. The molecule has 0 aliphatic carbocycles. The molecule has 0 unspecified atom stereocenters. The number of aliphatic imine (C=N–C) groups is 1. The average Bonchev–Trinajstić information content (AvgIpc) is 3.78. The van der Waals surface area contributed by atoms with Gasteiger partial charge in [0.05, 0.1) is 29.8 Å². The number of carbonyl (C=O) groups is 3. The molecular formula is C32H30ClFN8O5S. The predicted molar refractivity (Wildman–Crippen MR) is 177 cm³/mol. The molecule has 2 aromatic carbocycles. The van der Waals surface area contributed by atoms with Crippen molar-refractivity contribution >= 4 is 63.5 Å². The number of anilines is 1. The van der Waals surface area contributed by atoms with Gasteiger partial charge in [-0.05, 0) is 37.3 Å². The average molecular weight is 693 g/mol. The number of hydrogen-bond acceptors (Lipinski definition) is 10. The summed E-state index contributed by atoms with van der Waals surface area (Å²) in [4.78, 5) is 57.7. The van der Waals surface area contributed by atoms with E-state index in [4.69, 9.17) is 21.3 Å². The summed E-state index contributed by atoms with van der Waals surface area (Å²) in [6.45, 7) is 3.84. The lowest BCUT2D eigenvalue weighted by Crippen LogP contribution is -2.53. The number of piperazine rings is 1. The normalized spacial score (nSPS) is 19.8. The molecule has 5 heterocycles. The zero-order valence-corrected chi connectivity index (χ0v) is 27.5. The van der Waals surface area contributed by atoms with E-state index in [9.17, 15) is 23.9 Å². The molecular weight excluding hydrogens is 663 g/mol. The second-order valence-electron chi connectivity index (χ2n) is 11.7. The van der Waals surface area contributed by atoms with Crippen molar-refractivity contribution in [3.8, 4) is 0 Å². The first-order valence-corrected chi connectivity index (χ1v) is 16.4. The number of imidazole rings is 1. The van der Waals surface area contributed by atoms with Crippen LogP contribution >= 0.6 is 22.9 Å². The van der Waals surface area contributed by atoms with Crippen LogP contribution in [0.3, 0.4) is 0 Å². The Morgan fingerprint density at radius 1 is 1.19 bits per heavy atom. The maximum absolute atomic E-state index is 14.0. The molecule has 4 aromatic rings. The monoisotopic (exact) mass is 692 g/mol. The Hall–Kier alpha value is -4.86. The first kappa shape index (κ1) is 31.7. The van der Waals surface area contributed by atoms with Crippen LogP contribution in [-0.2, 0) is 20.9 Å². The van der Waals surface area contributed by atoms with Crippen LogP contribution in [0, 0.1) is 12.7 Å². The highest BCUT2D eigenvalue weighted by atomic mass is 35.5. The van der Waals surface area contributed by atoms with Crippen LogP contribution in [0.4, 0.5) is 14.9 Å². The number of amidine groups is 1. The van der Waals surface area contributed by atoms with Crippen LogP contribution in [0.2, 0.25) is 5.02 Å². The van der Waals surface area contributed by atoms with Crippen molar-refractivity contribution in [1.29, 1.82) is 0 Å². The zero-order valence-electron chi connectivity index (χ0n) is 25.9. The van der Waals surface area contributed by atoms with E-state index in [0.29, 0.717) is 77.4 Å². The highest BCUT2D eigenvalue weighted by Gasteiger charge is 2.42. The molecule has 0 saturated carbocycles. The first-order valence-electron chi connectivity index (χ1n) is 15.1. The summed E-state index contributed by atoms with van der Waals surface area (Å²) in [5.74, 6) is -1.03. The Labute approximate surface area is 282 Å². The quantitative estimate of drug-likeness (QED) is 0.263. The number of carboxylic acids is 1. The molecule has 0 spiro atoms. The molecule has 2 aromatic heterocycles. The number of esters is 1. The number of nitrogens with one attached hydrogen (secondary N) is 1. The minimum absolute atomic E-state index is 0.116. The van der Waals surface area contributed by atoms with Gasteiger partial charge in [0, 0.05) is 66.3 Å². The molecule has 2 fully saturated rings. The van der Waals surface area contributed by atoms with E-state index in [-0.39, 0.29) is 29.2 Å². The lowest BCUT2D eigenvalue weighted by atomic mass is 9.95. The van der Waals surface area contributed by atoms with Gasteiger partial charge in [0.25, 0.3) is 0 Å². The Morgan fingerprint density at radius 2 is 2.02 bits per heavy atom. The van der Waals surface area contributed by atoms with Crippen LogP contribution in [-0.4, -0.2) is 99.1 Å². The molecule has 3 aliphatic heterocycles. The number of aliphatic carboxylic acids is 1. The SMILES string of the molecule is COC(=O)C1=C(CN2CCN3C(=O)N(c4ccc5c(c4)nc(C)n5CC(=O)O)C[C@@H]3C2)NC(c2nccs2)=N[C@H]1c1ccc(F)cc1Cl. The Bertz CT molecular complexity index is 2010. The highest BCUT2D eigenvalue weighted by molar-refractivity contribution is 7.11. The number of carboxylic acid groups (broad SMARTS) is 1. The maximum Gasteiger partial charge on any atom is 0.338 e. The number of methoxy groups -OCH3 is 1. The van der Waals surface area contributed by atoms with E-state index in [1.807, 2.05) is 22.4 Å². The summed E-state index contributed by atoms with van der Waals surface area (Å²) in [6.07, 6.45) is 1.66. The smallest absolute Gasteiger partial charge is 0.338 e. The number of halogens is 2. The minimum Gasteiger partial charge on any atom is -0.480 e. The molecule has 13 nitrogen and oxygen atoms in total. The lowest BCUT2D eigenvalue weighted by Gasteiger charge is -2.38. The van der Waals surface area contributed by atoms with Crippen LogP contribution in [0.5, 0.6) is 0 Å². The van der Waals surface area contributed by atoms with Crippen molar-refractivity contribution in [2.45, 2.75) is 25.6 Å². The van der Waals surface area contributed by atoms with Crippen molar-refractivity contribution in [2.24, 2.45) is 4.99 Å². The maximum atomic E-state index is 14.0. The van der Waals surface area contributed by atoms with E-state index in [1.165, 1.54) is 36.6 Å². The van der Waals surface area contributed by atoms with E-state index in [0.717, 1.165) is 0 Å². The number of hydrogen-bond donors (Lipinski definition) is 2. The van der Waals surface area contributed by atoms with Gasteiger partial charge in [-0.3, -0.25) is 19.6 Å². The number of rotatable bonds is 8. The second-order valence-corrected chi connectivity index (χ2v) is 13.0. The summed E-state index contributed by atoms with van der Waals surface area (Å²) >= 11 is 7.87. The van der Waals surface area contributed by atoms with Gasteiger partial charge in [-0.25, -0.2) is 23.9 Å². The first-order chi connectivity index (χ1) is 23.1. The van der Waals surface area contributed by atoms with E-state index in [1.54, 1.807) is 28.7 Å². The summed E-state index contributed by atoms with van der Waals surface area (Å²) < 4.78 is 20.8. The molecule has 248 valence electrons. The van der Waals surface area contributed by atoms with Crippen LogP contribution in [0.15, 0.2) is 64.2 Å². The van der Waals surface area contributed by atoms with Gasteiger partial charge in [0.1, 0.15) is 24.2 Å². The number of urea groups is 1. The van der Waals surface area contributed by atoms with Crippen molar-refractivity contribution in [3.05, 3.63) is 86.5 Å². The standard InChI is InChI=1S/C32H30ClFN8O5S/c1-17-36-23-12-19(4-6-25(23)41(17)16-26(43)44)42-14-20-13-39(8-9-40(20)32(42)46)15-24-27(31(45)47-2)28(21-5-3-18(34)11-22(21)33)38-29(37-24)30-35-7-10-48-30/h3-7,10-12,20,28H,8-9,13-16H2,1-2H3,(H,37,38)(H,43,44)/t20-,28-/m0/s1. The van der Waals surface area contributed by atoms with Gasteiger partial charge >= 0.3 is 18.0 Å². The molecule has 2 atom stereocenters. The third-order valence-corrected chi connectivity index (χ3v) is 9.88. The Morgan fingerprint density at radius 3 is 2.75 bits per heavy atom. The van der Waals surface area contributed by atoms with Crippen LogP contribution < -0.4 is 10.2 Å². The molecule has 0 radical (unpaired) electrons. The number of aryl methyl sites for hydroxylation is 1. The summed E-state index contributed by atoms with van der Waals surface area (Å²) in [6, 6.07) is 8.29. The number of aromatic nitrogens is 3. The molecule has 7 rings (SSSR count). The van der Waals surface area contributed by atoms with Gasteiger partial charge in [-0.15, -0.1) is 11.3 Å². The number of benzene rings is 2. The molecule has 16 heteroatoms. The molecule has 0 bridgehead atoms. The van der Waals surface area contributed by atoms with Crippen LogP contribution in [0.25, 0.3) is 11.0 Å². The number of amides is 2. The summed E-state index contributed by atoms with van der Waals surface area (Å²) in [5.41, 5.74) is 3.24. The molecule has 2 amide bonds. The van der Waals surface area contributed by atoms with Gasteiger partial charge in [0.15, 0.2) is 10.8 Å². The number of fused-ring (bicyclic) bond motifs is 2. The lowest BCUT2D eigenvalue weighted by molar-refractivity contribution is -0.138. The van der Waals surface area contributed by atoms with E-state index < -0.39 is 23.8 Å². The Kier molecular flexibility index (Phi) is 8.35. The van der Waals surface area contributed by atoms with Gasteiger partial charge in [-0.1, -0.05) is 17.7 Å². The van der Waals surface area contributed by atoms with Gasteiger partial charge < -0.3 is 24.6 Å². The van der Waals surface area contributed by atoms with Crippen molar-refractivity contribution in [3.63, 3.8) is 0 Å². The van der Waals surface area contributed by atoms with Gasteiger partial charge in [-0.2, -0.15) is 0 Å². The number of carbonyl (C=O) groups excluding carboxylic acids is 2. The third kappa shape index (κ3) is 5.77. The van der Waals surface area contributed by atoms with Crippen molar-refractivity contribution in [2.75, 3.05) is 44.7 Å². The third-order valence-electron chi connectivity index (χ3n) is 8.77. The minimum atomic E-state index is -0.961. The fourth-order valence-electron chi connectivity index (χ4n) is 6.56. The number of thiazole rings is 1. The fourth-order valence-corrected chi connectivity index (χ4v) is 7.42. The largest absolute Gasteiger partial charge is 0.480 e. The Balaban J connectivity index is 1.15. The topological polar surface area (TPSA) is 145 Å². The fraction of sp³-hybridized carbons (Fsp3) is 0.312.